The van der Waals surface area contributed by atoms with Gasteiger partial charge in [0.25, 0.3) is 0 Å². The number of primary amides is 1. The first-order valence-electron chi connectivity index (χ1n) is 11.8. The molecule has 0 bridgehead atoms. The van der Waals surface area contributed by atoms with Crippen LogP contribution >= 0.6 is 0 Å². The number of hydrogen-bond donors (Lipinski definition) is 2. The maximum absolute atomic E-state index is 15.5. The molecule has 0 aliphatic heterocycles. The largest absolute Gasteiger partial charge is 0.383 e. The van der Waals surface area contributed by atoms with Crippen molar-refractivity contribution in [2.75, 3.05) is 17.2 Å². The fraction of sp³-hybridized carbons (Fsp3) is 0.222. The molecule has 0 spiro atoms. The molecule has 0 unspecified atom stereocenters. The third-order valence-electron chi connectivity index (χ3n) is 6.35. The molecule has 4 rings (SSSR count). The molecule has 0 atom stereocenters. The van der Waals surface area contributed by atoms with Gasteiger partial charge in [0, 0.05) is 35.3 Å². The van der Waals surface area contributed by atoms with Crippen LogP contribution in [0.3, 0.4) is 0 Å². The van der Waals surface area contributed by atoms with E-state index in [0.717, 1.165) is 5.56 Å². The summed E-state index contributed by atoms with van der Waals surface area (Å²) in [7, 11) is -0.519. The van der Waals surface area contributed by atoms with E-state index in [4.69, 9.17) is 11.5 Å². The third kappa shape index (κ3) is 4.97. The number of nitrogen functional groups attached to an aromatic ring is 1. The summed E-state index contributed by atoms with van der Waals surface area (Å²) in [5.74, 6) is 0.152. The Labute approximate surface area is 215 Å². The molecule has 0 saturated heterocycles. The van der Waals surface area contributed by atoms with E-state index < -0.39 is 21.5 Å². The molecule has 192 valence electrons. The smallest absolute Gasteiger partial charge is 0.244 e. The second kappa shape index (κ2) is 10.1. The first-order chi connectivity index (χ1) is 17.6. The predicted molar refractivity (Wildman–Crippen MR) is 148 cm³/mol. The molecule has 0 radical (unpaired) electrons. The van der Waals surface area contributed by atoms with Gasteiger partial charge in [-0.2, -0.15) is 4.36 Å². The molecule has 2 aromatic carbocycles. The molecule has 2 heterocycles. The number of anilines is 1. The van der Waals surface area contributed by atoms with E-state index in [1.54, 1.807) is 42.8 Å². The van der Waals surface area contributed by atoms with Crippen LogP contribution in [0.25, 0.3) is 39.5 Å². The maximum atomic E-state index is 15.5. The lowest BCUT2D eigenvalue weighted by Crippen LogP contribution is -2.11. The van der Waals surface area contributed by atoms with Gasteiger partial charge in [-0.25, -0.2) is 18.6 Å². The molecule has 37 heavy (non-hydrogen) atoms. The Morgan fingerprint density at radius 3 is 2.41 bits per heavy atom. The van der Waals surface area contributed by atoms with Gasteiger partial charge in [-0.1, -0.05) is 32.0 Å². The zero-order valence-corrected chi connectivity index (χ0v) is 22.0. The van der Waals surface area contributed by atoms with Gasteiger partial charge >= 0.3 is 0 Å². The monoisotopic (exact) mass is 520 g/mol. The number of rotatable bonds is 7. The van der Waals surface area contributed by atoms with Crippen molar-refractivity contribution >= 4 is 44.3 Å². The highest BCUT2D eigenvalue weighted by Gasteiger charge is 2.23. The topological polar surface area (TPSA) is 129 Å². The first kappa shape index (κ1) is 26.0. The lowest BCUT2D eigenvalue weighted by atomic mass is 9.97. The molecule has 0 aliphatic rings. The van der Waals surface area contributed by atoms with Gasteiger partial charge in [0.05, 0.1) is 26.5 Å². The molecule has 1 amide bonds. The molecular formula is C27H29FN6O2S. The summed E-state index contributed by atoms with van der Waals surface area (Å²) in [6.45, 7) is 5.30. The van der Waals surface area contributed by atoms with E-state index >= 15 is 4.39 Å². The van der Waals surface area contributed by atoms with Gasteiger partial charge in [-0.05, 0) is 48.4 Å². The SMILES string of the molecule is CCS(=O)(CC)=Nc1ccc(-c2c(-c3ccc(C=C(C)C(N)=O)cc3F)n(C)c3ncnc(N)c23)cc1. The number of nitrogens with two attached hydrogens (primary N) is 2. The van der Waals surface area contributed by atoms with Crippen LogP contribution in [0.4, 0.5) is 15.9 Å². The summed E-state index contributed by atoms with van der Waals surface area (Å²) in [5, 5.41) is 0.601. The molecular weight excluding hydrogens is 491 g/mol. The van der Waals surface area contributed by atoms with Gasteiger partial charge in [0.1, 0.15) is 23.6 Å². The number of benzene rings is 2. The Hall–Kier alpha value is -4.05. The summed E-state index contributed by atoms with van der Waals surface area (Å²) >= 11 is 0. The highest BCUT2D eigenvalue weighted by atomic mass is 32.2. The Bertz CT molecular complexity index is 1650. The number of carbonyl (C=O) groups excluding carboxylic acids is 1. The highest BCUT2D eigenvalue weighted by Crippen LogP contribution is 2.42. The zero-order valence-electron chi connectivity index (χ0n) is 21.2. The zero-order chi connectivity index (χ0) is 26.9. The Balaban J connectivity index is 1.94. The molecule has 0 saturated carbocycles. The van der Waals surface area contributed by atoms with Crippen molar-refractivity contribution in [3.05, 3.63) is 65.7 Å². The minimum absolute atomic E-state index is 0.271. The number of aryl methyl sites for hydroxylation is 1. The van der Waals surface area contributed by atoms with Crippen LogP contribution < -0.4 is 11.5 Å². The number of nitrogens with zero attached hydrogens (tertiary/aromatic N) is 4. The van der Waals surface area contributed by atoms with Gasteiger partial charge in [-0.15, -0.1) is 0 Å². The van der Waals surface area contributed by atoms with Gasteiger partial charge < -0.3 is 16.0 Å². The second-order valence-corrected chi connectivity index (χ2v) is 11.5. The summed E-state index contributed by atoms with van der Waals surface area (Å²) in [6, 6.07) is 12.0. The summed E-state index contributed by atoms with van der Waals surface area (Å²) in [4.78, 5) is 20.0. The van der Waals surface area contributed by atoms with Crippen molar-refractivity contribution in [1.29, 1.82) is 0 Å². The first-order valence-corrected chi connectivity index (χ1v) is 13.6. The van der Waals surface area contributed by atoms with Crippen LogP contribution in [0, 0.1) is 5.82 Å². The minimum atomic E-state index is -2.31. The average molecular weight is 521 g/mol. The van der Waals surface area contributed by atoms with E-state index in [1.165, 1.54) is 18.5 Å². The normalized spacial score (nSPS) is 12.2. The number of amides is 1. The number of carbonyl (C=O) groups is 1. The van der Waals surface area contributed by atoms with E-state index in [2.05, 4.69) is 14.3 Å². The average Bonchev–Trinajstić information content (AvgIpc) is 3.17. The Kier molecular flexibility index (Phi) is 7.13. The van der Waals surface area contributed by atoms with Crippen molar-refractivity contribution in [2.45, 2.75) is 20.8 Å². The van der Waals surface area contributed by atoms with Crippen LogP contribution in [0.2, 0.25) is 0 Å². The van der Waals surface area contributed by atoms with Crippen molar-refractivity contribution in [3.8, 4) is 22.4 Å². The third-order valence-corrected chi connectivity index (χ3v) is 8.69. The molecule has 4 N–H and O–H groups in total. The van der Waals surface area contributed by atoms with Gasteiger partial charge in [0.15, 0.2) is 0 Å². The quantitative estimate of drug-likeness (QED) is 0.329. The number of hydrogen-bond acceptors (Lipinski definition) is 6. The van der Waals surface area contributed by atoms with Crippen LogP contribution in [0.1, 0.15) is 26.3 Å². The lowest BCUT2D eigenvalue weighted by molar-refractivity contribution is -0.114. The van der Waals surface area contributed by atoms with Gasteiger partial charge in [-0.3, -0.25) is 4.79 Å². The molecule has 10 heteroatoms. The minimum Gasteiger partial charge on any atom is -0.383 e. The maximum Gasteiger partial charge on any atom is 0.244 e. The lowest BCUT2D eigenvalue weighted by Gasteiger charge is -2.11. The summed E-state index contributed by atoms with van der Waals surface area (Å²) in [5.41, 5.74) is 15.9. The molecule has 8 nitrogen and oxygen atoms in total. The number of fused-ring (bicyclic) bond motifs is 1. The summed E-state index contributed by atoms with van der Waals surface area (Å²) < 4.78 is 34.6. The van der Waals surface area contributed by atoms with Crippen molar-refractivity contribution < 1.29 is 13.4 Å². The molecule has 0 fully saturated rings. The van der Waals surface area contributed by atoms with Crippen molar-refractivity contribution in [2.24, 2.45) is 17.1 Å². The summed E-state index contributed by atoms with van der Waals surface area (Å²) in [6.07, 6.45) is 2.91. The number of halogens is 1. The van der Waals surface area contributed by atoms with E-state index in [0.29, 0.717) is 56.2 Å². The van der Waals surface area contributed by atoms with Crippen LogP contribution in [-0.2, 0) is 21.6 Å². The predicted octanol–water partition coefficient (Wildman–Crippen LogP) is 5.05. The molecule has 2 aromatic heterocycles. The Morgan fingerprint density at radius 2 is 1.81 bits per heavy atom. The molecule has 0 aliphatic carbocycles. The highest BCUT2D eigenvalue weighted by molar-refractivity contribution is 7.93. The van der Waals surface area contributed by atoms with Crippen LogP contribution in [0.15, 0.2) is 58.7 Å². The van der Waals surface area contributed by atoms with Crippen molar-refractivity contribution in [3.63, 3.8) is 0 Å². The van der Waals surface area contributed by atoms with Crippen LogP contribution in [-0.4, -0.2) is 36.2 Å². The van der Waals surface area contributed by atoms with Crippen molar-refractivity contribution in [1.82, 2.24) is 14.5 Å². The van der Waals surface area contributed by atoms with Crippen LogP contribution in [0.5, 0.6) is 0 Å². The molecule has 4 aromatic rings. The fourth-order valence-electron chi connectivity index (χ4n) is 4.22. The second-order valence-electron chi connectivity index (χ2n) is 8.66. The van der Waals surface area contributed by atoms with E-state index in [-0.39, 0.29) is 5.82 Å². The fourth-order valence-corrected chi connectivity index (χ4v) is 5.39. The number of aromatic nitrogens is 3. The van der Waals surface area contributed by atoms with Gasteiger partial charge in [0.2, 0.25) is 5.91 Å². The van der Waals surface area contributed by atoms with E-state index in [9.17, 15) is 9.00 Å². The Morgan fingerprint density at radius 1 is 1.14 bits per heavy atom. The standard InChI is InChI=1S/C27H29FN6O2S/c1-5-37(36,6-2)33-19-10-8-18(9-11-19)22-23-25(29)31-15-32-27(23)34(4)24(22)20-12-7-17(14-21(20)28)13-16(3)26(30)35/h7-15H,5-6H2,1-4H3,(H2,30,35)(H2,29,31,32). The van der Waals surface area contributed by atoms with E-state index in [1.807, 2.05) is 26.0 Å².